The Hall–Kier alpha value is -2.75. The molecule has 3 rings (SSSR count). The highest BCUT2D eigenvalue weighted by atomic mass is 127. The van der Waals surface area contributed by atoms with Gasteiger partial charge in [0.05, 0.1) is 27.3 Å². The average Bonchev–Trinajstić information content (AvgIpc) is 3.33. The molecule has 0 aliphatic rings. The van der Waals surface area contributed by atoms with Crippen molar-refractivity contribution >= 4 is 29.9 Å². The van der Waals surface area contributed by atoms with Gasteiger partial charge in [0, 0.05) is 32.5 Å². The van der Waals surface area contributed by atoms with Crippen LogP contribution in [0, 0.1) is 0 Å². The lowest BCUT2D eigenvalue weighted by molar-refractivity contribution is 0.354. The van der Waals surface area contributed by atoms with Crippen LogP contribution < -0.4 is 14.8 Å². The molecule has 0 spiro atoms. The summed E-state index contributed by atoms with van der Waals surface area (Å²) < 4.78 is 12.7. The summed E-state index contributed by atoms with van der Waals surface area (Å²) in [6.45, 7) is 5.12. The van der Waals surface area contributed by atoms with Crippen molar-refractivity contribution in [3.05, 3.63) is 77.6 Å². The third-order valence-corrected chi connectivity index (χ3v) is 5.19. The fraction of sp³-hybridized carbons (Fsp3) is 0.360. The second-order valence-corrected chi connectivity index (χ2v) is 7.55. The van der Waals surface area contributed by atoms with Crippen LogP contribution in [0.25, 0.3) is 0 Å². The number of benzene rings is 2. The van der Waals surface area contributed by atoms with E-state index in [0.29, 0.717) is 6.54 Å². The van der Waals surface area contributed by atoms with Crippen molar-refractivity contribution in [2.75, 3.05) is 34.4 Å². The SMILES string of the molecule is CCNC(=NCc1cccc(Cn2cccn2)c1)N(C)CCc1ccc(OC)c(OC)c1.I. The lowest BCUT2D eigenvalue weighted by Crippen LogP contribution is -2.39. The predicted molar refractivity (Wildman–Crippen MR) is 144 cm³/mol. The van der Waals surface area contributed by atoms with Crippen molar-refractivity contribution in [2.24, 2.45) is 4.99 Å². The van der Waals surface area contributed by atoms with Gasteiger partial charge >= 0.3 is 0 Å². The molecule has 1 N–H and O–H groups in total. The molecule has 0 atom stereocenters. The lowest BCUT2D eigenvalue weighted by atomic mass is 10.1. The highest BCUT2D eigenvalue weighted by Gasteiger charge is 2.09. The van der Waals surface area contributed by atoms with Crippen molar-refractivity contribution in [2.45, 2.75) is 26.4 Å². The maximum absolute atomic E-state index is 5.42. The van der Waals surface area contributed by atoms with E-state index in [0.717, 1.165) is 43.5 Å². The van der Waals surface area contributed by atoms with Gasteiger partial charge in [0.2, 0.25) is 0 Å². The molecule has 1 heterocycles. The number of ether oxygens (including phenoxy) is 2. The molecule has 0 saturated carbocycles. The minimum Gasteiger partial charge on any atom is -0.493 e. The van der Waals surface area contributed by atoms with Crippen LogP contribution in [-0.2, 0) is 19.5 Å². The van der Waals surface area contributed by atoms with E-state index in [9.17, 15) is 0 Å². The zero-order valence-corrected chi connectivity index (χ0v) is 22.2. The Bertz CT molecular complexity index is 1010. The monoisotopic (exact) mass is 563 g/mol. The summed E-state index contributed by atoms with van der Waals surface area (Å²) in [6.07, 6.45) is 4.65. The number of guanidine groups is 1. The number of rotatable bonds is 10. The van der Waals surface area contributed by atoms with Crippen LogP contribution in [0.15, 0.2) is 65.9 Å². The second-order valence-electron chi connectivity index (χ2n) is 7.55. The minimum atomic E-state index is 0. The minimum absolute atomic E-state index is 0. The number of likely N-dealkylation sites (N-methyl/N-ethyl adjacent to an activating group) is 1. The summed E-state index contributed by atoms with van der Waals surface area (Å²) in [5.74, 6) is 2.39. The number of aromatic nitrogens is 2. The Morgan fingerprint density at radius 1 is 1.03 bits per heavy atom. The van der Waals surface area contributed by atoms with Gasteiger partial charge in [-0.15, -0.1) is 24.0 Å². The first-order chi connectivity index (χ1) is 15.6. The van der Waals surface area contributed by atoms with Crippen LogP contribution in [0.5, 0.6) is 11.5 Å². The largest absolute Gasteiger partial charge is 0.493 e. The van der Waals surface area contributed by atoms with Crippen LogP contribution >= 0.6 is 24.0 Å². The molecular formula is C25H34IN5O2. The fourth-order valence-electron chi connectivity index (χ4n) is 3.48. The molecule has 3 aromatic rings. The van der Waals surface area contributed by atoms with E-state index in [1.165, 1.54) is 16.7 Å². The normalized spacial score (nSPS) is 11.0. The first-order valence-electron chi connectivity index (χ1n) is 10.9. The summed E-state index contributed by atoms with van der Waals surface area (Å²) in [5.41, 5.74) is 3.59. The summed E-state index contributed by atoms with van der Waals surface area (Å²) in [6, 6.07) is 16.5. The van der Waals surface area contributed by atoms with E-state index >= 15 is 0 Å². The van der Waals surface area contributed by atoms with Gasteiger partial charge in [-0.3, -0.25) is 4.68 Å². The van der Waals surface area contributed by atoms with E-state index in [4.69, 9.17) is 14.5 Å². The molecule has 0 saturated heterocycles. The standard InChI is InChI=1S/C25H33N5O2.HI/c1-5-26-25(29(2)15-12-20-10-11-23(31-3)24(17-20)32-4)27-18-21-8-6-9-22(16-21)19-30-14-7-13-28-30;/h6-11,13-14,16-17H,5,12,15,18-19H2,1-4H3,(H,26,27);1H. The number of methoxy groups -OCH3 is 2. The van der Waals surface area contributed by atoms with Gasteiger partial charge in [0.1, 0.15) is 0 Å². The lowest BCUT2D eigenvalue weighted by Gasteiger charge is -2.22. The van der Waals surface area contributed by atoms with Crippen LogP contribution in [0.2, 0.25) is 0 Å². The third kappa shape index (κ3) is 7.96. The number of nitrogens with one attached hydrogen (secondary N) is 1. The summed E-state index contributed by atoms with van der Waals surface area (Å²) in [5, 5.41) is 7.68. The molecule has 0 amide bonds. The van der Waals surface area contributed by atoms with Gasteiger partial charge < -0.3 is 19.7 Å². The number of hydrogen-bond donors (Lipinski definition) is 1. The Morgan fingerprint density at radius 3 is 2.52 bits per heavy atom. The highest BCUT2D eigenvalue weighted by molar-refractivity contribution is 14.0. The Kier molecular flexibility index (Phi) is 11.0. The molecule has 33 heavy (non-hydrogen) atoms. The van der Waals surface area contributed by atoms with E-state index in [2.05, 4.69) is 59.6 Å². The molecular weight excluding hydrogens is 529 g/mol. The van der Waals surface area contributed by atoms with Crippen molar-refractivity contribution in [1.82, 2.24) is 20.0 Å². The highest BCUT2D eigenvalue weighted by Crippen LogP contribution is 2.27. The Balaban J connectivity index is 0.00000385. The number of hydrogen-bond acceptors (Lipinski definition) is 4. The smallest absolute Gasteiger partial charge is 0.193 e. The molecule has 0 unspecified atom stereocenters. The van der Waals surface area contributed by atoms with Crippen LogP contribution in [0.1, 0.15) is 23.6 Å². The molecule has 0 bridgehead atoms. The van der Waals surface area contributed by atoms with Gasteiger partial charge in [0.25, 0.3) is 0 Å². The molecule has 7 nitrogen and oxygen atoms in total. The number of halogens is 1. The van der Waals surface area contributed by atoms with Crippen molar-refractivity contribution in [3.8, 4) is 11.5 Å². The molecule has 8 heteroatoms. The van der Waals surface area contributed by atoms with Crippen LogP contribution in [0.4, 0.5) is 0 Å². The summed E-state index contributed by atoms with van der Waals surface area (Å²) in [7, 11) is 5.38. The van der Waals surface area contributed by atoms with Crippen LogP contribution in [-0.4, -0.2) is 55.0 Å². The van der Waals surface area contributed by atoms with Crippen molar-refractivity contribution in [1.29, 1.82) is 0 Å². The van der Waals surface area contributed by atoms with E-state index < -0.39 is 0 Å². The molecule has 1 aromatic heterocycles. The van der Waals surface area contributed by atoms with E-state index in [-0.39, 0.29) is 24.0 Å². The second kappa shape index (κ2) is 13.7. The fourth-order valence-corrected chi connectivity index (χ4v) is 3.48. The topological polar surface area (TPSA) is 63.9 Å². The Morgan fingerprint density at radius 2 is 1.82 bits per heavy atom. The van der Waals surface area contributed by atoms with Crippen molar-refractivity contribution < 1.29 is 9.47 Å². The Labute approximate surface area is 213 Å². The molecule has 0 aliphatic carbocycles. The van der Waals surface area contributed by atoms with Crippen LogP contribution in [0.3, 0.4) is 0 Å². The van der Waals surface area contributed by atoms with Gasteiger partial charge in [0.15, 0.2) is 17.5 Å². The number of aliphatic imine (C=N–C) groups is 1. The van der Waals surface area contributed by atoms with Gasteiger partial charge in [-0.05, 0) is 48.2 Å². The molecule has 178 valence electrons. The van der Waals surface area contributed by atoms with E-state index in [1.54, 1.807) is 20.4 Å². The summed E-state index contributed by atoms with van der Waals surface area (Å²) in [4.78, 5) is 7.02. The van der Waals surface area contributed by atoms with Gasteiger partial charge in [-0.1, -0.05) is 30.3 Å². The maximum atomic E-state index is 5.42. The average molecular weight is 563 g/mol. The first-order valence-corrected chi connectivity index (χ1v) is 10.9. The zero-order chi connectivity index (χ0) is 22.8. The van der Waals surface area contributed by atoms with Gasteiger partial charge in [-0.25, -0.2) is 4.99 Å². The summed E-state index contributed by atoms with van der Waals surface area (Å²) >= 11 is 0. The third-order valence-electron chi connectivity index (χ3n) is 5.19. The molecule has 0 radical (unpaired) electrons. The molecule has 0 fully saturated rings. The number of nitrogens with zero attached hydrogens (tertiary/aromatic N) is 4. The first kappa shape index (κ1) is 26.5. The van der Waals surface area contributed by atoms with Gasteiger partial charge in [-0.2, -0.15) is 5.10 Å². The zero-order valence-electron chi connectivity index (χ0n) is 19.8. The quantitative estimate of drug-likeness (QED) is 0.228. The van der Waals surface area contributed by atoms with E-state index in [1.807, 2.05) is 29.1 Å². The molecule has 2 aromatic carbocycles. The predicted octanol–water partition coefficient (Wildman–Crippen LogP) is 4.21. The van der Waals surface area contributed by atoms with Crippen molar-refractivity contribution in [3.63, 3.8) is 0 Å². The maximum Gasteiger partial charge on any atom is 0.193 e. The molecule has 0 aliphatic heterocycles.